The van der Waals surface area contributed by atoms with E-state index in [0.717, 1.165) is 22.8 Å². The summed E-state index contributed by atoms with van der Waals surface area (Å²) in [6, 6.07) is 5.85. The molecule has 0 atom stereocenters. The summed E-state index contributed by atoms with van der Waals surface area (Å²) >= 11 is 1.62. The molecule has 0 spiro atoms. The van der Waals surface area contributed by atoms with Crippen LogP contribution >= 0.6 is 11.3 Å². The maximum atomic E-state index is 13.2. The molecule has 0 radical (unpaired) electrons. The first kappa shape index (κ1) is 11.8. The minimum absolute atomic E-state index is 0.161. The molecule has 0 aliphatic heterocycles. The molecule has 2 nitrogen and oxygen atoms in total. The molecule has 3 rings (SSSR count). The van der Waals surface area contributed by atoms with Crippen molar-refractivity contribution in [2.24, 2.45) is 0 Å². The molecular formula is C14H15FN2S. The smallest absolute Gasteiger partial charge is 0.126 e. The quantitative estimate of drug-likeness (QED) is 0.912. The molecule has 1 aliphatic rings. The largest absolute Gasteiger partial charge is 0.308 e. The maximum Gasteiger partial charge on any atom is 0.126 e. The summed E-state index contributed by atoms with van der Waals surface area (Å²) < 4.78 is 13.2. The third-order valence-electron chi connectivity index (χ3n) is 3.11. The average molecular weight is 262 g/mol. The molecule has 1 aliphatic carbocycles. The summed E-state index contributed by atoms with van der Waals surface area (Å²) in [5.41, 5.74) is 2.74. The Morgan fingerprint density at radius 1 is 1.44 bits per heavy atom. The molecule has 18 heavy (non-hydrogen) atoms. The highest BCUT2D eigenvalue weighted by atomic mass is 32.1. The zero-order valence-corrected chi connectivity index (χ0v) is 11.1. The minimum Gasteiger partial charge on any atom is -0.308 e. The number of hydrogen-bond acceptors (Lipinski definition) is 3. The molecule has 0 bridgehead atoms. The van der Waals surface area contributed by atoms with E-state index in [4.69, 9.17) is 0 Å². The molecular weight excluding hydrogens is 247 g/mol. The number of rotatable bonds is 4. The summed E-state index contributed by atoms with van der Waals surface area (Å²) in [6.07, 6.45) is 2.57. The summed E-state index contributed by atoms with van der Waals surface area (Å²) in [5, 5.41) is 6.48. The molecule has 0 saturated heterocycles. The van der Waals surface area contributed by atoms with E-state index in [0.29, 0.717) is 11.6 Å². The van der Waals surface area contributed by atoms with Crippen LogP contribution in [0.2, 0.25) is 0 Å². The zero-order valence-electron chi connectivity index (χ0n) is 10.2. The van der Waals surface area contributed by atoms with Crippen LogP contribution in [0.3, 0.4) is 0 Å². The van der Waals surface area contributed by atoms with Gasteiger partial charge in [-0.25, -0.2) is 9.37 Å². The minimum atomic E-state index is -0.161. The van der Waals surface area contributed by atoms with Crippen LogP contribution < -0.4 is 5.32 Å². The lowest BCUT2D eigenvalue weighted by molar-refractivity contribution is 0.619. The molecule has 0 amide bonds. The van der Waals surface area contributed by atoms with E-state index in [-0.39, 0.29) is 5.82 Å². The van der Waals surface area contributed by atoms with Gasteiger partial charge >= 0.3 is 0 Å². The molecule has 0 unspecified atom stereocenters. The van der Waals surface area contributed by atoms with Crippen molar-refractivity contribution in [2.45, 2.75) is 32.4 Å². The number of halogens is 1. The summed E-state index contributed by atoms with van der Waals surface area (Å²) in [4.78, 5) is 4.58. The van der Waals surface area contributed by atoms with Gasteiger partial charge in [0.1, 0.15) is 10.8 Å². The van der Waals surface area contributed by atoms with Crippen molar-refractivity contribution in [2.75, 3.05) is 0 Å². The summed E-state index contributed by atoms with van der Waals surface area (Å²) in [5.74, 6) is -0.161. The van der Waals surface area contributed by atoms with Gasteiger partial charge in [0.15, 0.2) is 0 Å². The van der Waals surface area contributed by atoms with E-state index in [1.165, 1.54) is 18.9 Å². The Morgan fingerprint density at radius 3 is 3.00 bits per heavy atom. The van der Waals surface area contributed by atoms with Crippen molar-refractivity contribution in [3.8, 4) is 10.6 Å². The maximum absolute atomic E-state index is 13.2. The number of nitrogens with one attached hydrogen (secondary N) is 1. The van der Waals surface area contributed by atoms with E-state index < -0.39 is 0 Å². The fourth-order valence-corrected chi connectivity index (χ4v) is 2.65. The molecule has 1 heterocycles. The van der Waals surface area contributed by atoms with Gasteiger partial charge in [-0.2, -0.15) is 0 Å². The molecule has 1 fully saturated rings. The second-order valence-corrected chi connectivity index (χ2v) is 5.62. The number of nitrogens with zero attached hydrogens (tertiary/aromatic N) is 1. The Bertz CT molecular complexity index is 561. The Labute approximate surface area is 110 Å². The average Bonchev–Trinajstić information content (AvgIpc) is 3.08. The predicted molar refractivity (Wildman–Crippen MR) is 72.1 cm³/mol. The normalized spacial score (nSPS) is 15.0. The van der Waals surface area contributed by atoms with E-state index in [1.807, 2.05) is 6.07 Å². The van der Waals surface area contributed by atoms with Crippen LogP contribution in [-0.2, 0) is 6.54 Å². The van der Waals surface area contributed by atoms with Crippen LogP contribution in [0.5, 0.6) is 0 Å². The van der Waals surface area contributed by atoms with Crippen molar-refractivity contribution in [1.82, 2.24) is 10.3 Å². The Hall–Kier alpha value is -1.26. The highest BCUT2D eigenvalue weighted by Gasteiger charge is 2.20. The molecule has 1 aromatic carbocycles. The third-order valence-corrected chi connectivity index (χ3v) is 4.05. The molecule has 1 N–H and O–H groups in total. The molecule has 94 valence electrons. The number of thiazole rings is 1. The van der Waals surface area contributed by atoms with Gasteiger partial charge in [0.25, 0.3) is 0 Å². The van der Waals surface area contributed by atoms with E-state index in [2.05, 4.69) is 15.7 Å². The van der Waals surface area contributed by atoms with E-state index in [1.54, 1.807) is 24.3 Å². The van der Waals surface area contributed by atoms with Crippen molar-refractivity contribution < 1.29 is 4.39 Å². The van der Waals surface area contributed by atoms with Crippen molar-refractivity contribution >= 4 is 11.3 Å². The fraction of sp³-hybridized carbons (Fsp3) is 0.357. The standard InChI is InChI=1S/C14H15FN2S/c1-9-6-10(2-5-13(9)15)14-17-12(8-18-14)7-16-11-3-4-11/h2,5-6,8,11,16H,3-4,7H2,1H3. The Kier molecular flexibility index (Phi) is 3.14. The lowest BCUT2D eigenvalue weighted by Crippen LogP contribution is -2.15. The van der Waals surface area contributed by atoms with Gasteiger partial charge in [-0.3, -0.25) is 0 Å². The molecule has 1 saturated carbocycles. The van der Waals surface area contributed by atoms with E-state index >= 15 is 0 Å². The van der Waals surface area contributed by atoms with Gasteiger partial charge in [-0.1, -0.05) is 0 Å². The number of aryl methyl sites for hydroxylation is 1. The van der Waals surface area contributed by atoms with Crippen LogP contribution in [-0.4, -0.2) is 11.0 Å². The van der Waals surface area contributed by atoms with Crippen molar-refractivity contribution in [1.29, 1.82) is 0 Å². The van der Waals surface area contributed by atoms with Crippen LogP contribution in [0, 0.1) is 12.7 Å². The number of hydrogen-bond donors (Lipinski definition) is 1. The second-order valence-electron chi connectivity index (χ2n) is 4.76. The van der Waals surface area contributed by atoms with Crippen LogP contribution in [0.4, 0.5) is 4.39 Å². The van der Waals surface area contributed by atoms with Crippen LogP contribution in [0.1, 0.15) is 24.1 Å². The van der Waals surface area contributed by atoms with Gasteiger partial charge < -0.3 is 5.32 Å². The first-order chi connectivity index (χ1) is 8.72. The monoisotopic (exact) mass is 262 g/mol. The summed E-state index contributed by atoms with van der Waals surface area (Å²) in [7, 11) is 0. The van der Waals surface area contributed by atoms with Crippen molar-refractivity contribution in [3.63, 3.8) is 0 Å². The SMILES string of the molecule is Cc1cc(-c2nc(CNC3CC3)cs2)ccc1F. The first-order valence-corrected chi connectivity index (χ1v) is 7.04. The second kappa shape index (κ2) is 4.78. The van der Waals surface area contributed by atoms with Crippen LogP contribution in [0.25, 0.3) is 10.6 Å². The lowest BCUT2D eigenvalue weighted by Gasteiger charge is -2.00. The topological polar surface area (TPSA) is 24.9 Å². The lowest BCUT2D eigenvalue weighted by atomic mass is 10.1. The fourth-order valence-electron chi connectivity index (χ4n) is 1.83. The predicted octanol–water partition coefficient (Wildman–Crippen LogP) is 3.51. The van der Waals surface area contributed by atoms with Gasteiger partial charge in [0, 0.05) is 23.5 Å². The van der Waals surface area contributed by atoms with E-state index in [9.17, 15) is 4.39 Å². The van der Waals surface area contributed by atoms with Gasteiger partial charge in [0.2, 0.25) is 0 Å². The molecule has 4 heteroatoms. The van der Waals surface area contributed by atoms with Gasteiger partial charge in [-0.15, -0.1) is 11.3 Å². The van der Waals surface area contributed by atoms with Gasteiger partial charge in [-0.05, 0) is 43.5 Å². The first-order valence-electron chi connectivity index (χ1n) is 6.17. The summed E-state index contributed by atoms with van der Waals surface area (Å²) in [6.45, 7) is 2.61. The van der Waals surface area contributed by atoms with Crippen molar-refractivity contribution in [3.05, 3.63) is 40.7 Å². The highest BCUT2D eigenvalue weighted by molar-refractivity contribution is 7.13. The number of aromatic nitrogens is 1. The molecule has 2 aromatic rings. The van der Waals surface area contributed by atoms with Crippen LogP contribution in [0.15, 0.2) is 23.6 Å². The zero-order chi connectivity index (χ0) is 12.5. The molecule has 1 aromatic heterocycles. The highest BCUT2D eigenvalue weighted by Crippen LogP contribution is 2.26. The Morgan fingerprint density at radius 2 is 2.28 bits per heavy atom. The third kappa shape index (κ3) is 2.60. The van der Waals surface area contributed by atoms with Gasteiger partial charge in [0.05, 0.1) is 5.69 Å². The number of benzene rings is 1. The Balaban J connectivity index is 1.76.